The molecular weight excluding hydrogens is 304 g/mol. The first kappa shape index (κ1) is 17.8. The molecule has 0 amide bonds. The average molecular weight is 329 g/mol. The second-order valence-corrected chi connectivity index (χ2v) is 5.35. The fraction of sp³-hybridized carbons (Fsp3) is 0.353. The van der Waals surface area contributed by atoms with Crippen LogP contribution in [0.25, 0.3) is 16.5 Å². The number of hydrogen-bond acceptors (Lipinski definition) is 5. The molecule has 1 aromatic carbocycles. The fourth-order valence-corrected chi connectivity index (χ4v) is 2.40. The Bertz CT molecular complexity index is 706. The molecule has 2 rings (SSSR count). The minimum Gasteiger partial charge on any atom is -0.382 e. The van der Waals surface area contributed by atoms with Crippen LogP contribution in [-0.2, 0) is 4.74 Å². The lowest BCUT2D eigenvalue weighted by atomic mass is 10.0. The molecule has 7 N–H and O–H groups in total. The van der Waals surface area contributed by atoms with E-state index in [1.54, 1.807) is 12.3 Å². The van der Waals surface area contributed by atoms with Crippen LogP contribution in [0.15, 0.2) is 24.4 Å². The topological polar surface area (TPSA) is 125 Å². The summed E-state index contributed by atoms with van der Waals surface area (Å²) in [4.78, 5) is 0. The molecule has 0 aliphatic heterocycles. The highest BCUT2D eigenvalue weighted by Gasteiger charge is 2.08. The molecule has 2 aromatic rings. The SMILES string of the molecule is N=C/C(=C\C=[NH2+])c1cc(NCCOCCCCN)c2cn[nH]c2c1. The van der Waals surface area contributed by atoms with Crippen LogP contribution in [0, 0.1) is 5.41 Å². The summed E-state index contributed by atoms with van der Waals surface area (Å²) in [7, 11) is 0. The Hall–Kier alpha value is -2.51. The number of allylic oxidation sites excluding steroid dienone is 2. The molecule has 0 saturated heterocycles. The lowest BCUT2D eigenvalue weighted by Gasteiger charge is -2.11. The van der Waals surface area contributed by atoms with E-state index in [1.165, 1.54) is 12.4 Å². The molecule has 0 radical (unpaired) electrons. The van der Waals surface area contributed by atoms with Gasteiger partial charge in [-0.05, 0) is 37.1 Å². The van der Waals surface area contributed by atoms with Gasteiger partial charge in [0.25, 0.3) is 0 Å². The highest BCUT2D eigenvalue weighted by atomic mass is 16.5. The van der Waals surface area contributed by atoms with Crippen molar-refractivity contribution in [3.05, 3.63) is 30.0 Å². The molecule has 0 atom stereocenters. The van der Waals surface area contributed by atoms with Crippen LogP contribution in [0.1, 0.15) is 18.4 Å². The normalized spacial score (nSPS) is 11.6. The molecule has 0 fully saturated rings. The summed E-state index contributed by atoms with van der Waals surface area (Å²) >= 11 is 0. The number of hydrogen-bond donors (Lipinski definition) is 5. The third-order valence-corrected chi connectivity index (χ3v) is 3.63. The number of nitrogens with zero attached hydrogens (tertiary/aromatic N) is 1. The highest BCUT2D eigenvalue weighted by molar-refractivity contribution is 6.13. The van der Waals surface area contributed by atoms with Crippen molar-refractivity contribution in [3.8, 4) is 0 Å². The zero-order valence-electron chi connectivity index (χ0n) is 13.7. The monoisotopic (exact) mass is 329 g/mol. The standard InChI is InChI=1S/C17H24N6O/c18-4-1-2-7-24-8-6-21-16-9-14(13(11-20)3-5-19)10-17-15(16)12-22-23-17/h3,5,9-12,19-21H,1-2,4,6-8,18H2,(H,22,23)/p+1/b13-3+,19-5?,20-11?. The first-order valence-corrected chi connectivity index (χ1v) is 8.05. The average Bonchev–Trinajstić information content (AvgIpc) is 3.07. The van der Waals surface area contributed by atoms with Gasteiger partial charge in [0.15, 0.2) is 6.21 Å². The van der Waals surface area contributed by atoms with Crippen molar-refractivity contribution in [2.45, 2.75) is 12.8 Å². The van der Waals surface area contributed by atoms with Gasteiger partial charge in [0, 0.05) is 42.1 Å². The second kappa shape index (κ2) is 9.59. The van der Waals surface area contributed by atoms with Crippen molar-refractivity contribution < 1.29 is 10.1 Å². The maximum absolute atomic E-state index is 7.55. The second-order valence-electron chi connectivity index (χ2n) is 5.35. The van der Waals surface area contributed by atoms with Crippen LogP contribution < -0.4 is 16.5 Å². The van der Waals surface area contributed by atoms with E-state index in [4.69, 9.17) is 21.3 Å². The van der Waals surface area contributed by atoms with Crippen molar-refractivity contribution in [1.82, 2.24) is 10.2 Å². The minimum atomic E-state index is 0.623. The van der Waals surface area contributed by atoms with Gasteiger partial charge in [-0.25, -0.2) is 0 Å². The van der Waals surface area contributed by atoms with Gasteiger partial charge in [-0.1, -0.05) is 0 Å². The summed E-state index contributed by atoms with van der Waals surface area (Å²) in [5, 5.41) is 24.4. The molecule has 0 aliphatic carbocycles. The Morgan fingerprint density at radius 2 is 2.25 bits per heavy atom. The highest BCUT2D eigenvalue weighted by Crippen LogP contribution is 2.26. The Kier molecular flexibility index (Phi) is 7.13. The van der Waals surface area contributed by atoms with E-state index >= 15 is 0 Å². The molecule has 24 heavy (non-hydrogen) atoms. The summed E-state index contributed by atoms with van der Waals surface area (Å²) < 4.78 is 5.58. The minimum absolute atomic E-state index is 0.623. The molecule has 0 bridgehead atoms. The summed E-state index contributed by atoms with van der Waals surface area (Å²) in [5.74, 6) is 0. The quantitative estimate of drug-likeness (QED) is 0.305. The smallest absolute Gasteiger partial charge is 0.160 e. The predicted octanol–water partition coefficient (Wildman–Crippen LogP) is 0.593. The first-order valence-electron chi connectivity index (χ1n) is 8.05. The summed E-state index contributed by atoms with van der Waals surface area (Å²) in [5.41, 5.74) is 8.94. The maximum Gasteiger partial charge on any atom is 0.160 e. The van der Waals surface area contributed by atoms with Gasteiger partial charge in [-0.2, -0.15) is 5.10 Å². The van der Waals surface area contributed by atoms with Crippen LogP contribution in [-0.4, -0.2) is 48.9 Å². The molecule has 7 nitrogen and oxygen atoms in total. The number of rotatable bonds is 11. The first-order chi connectivity index (χ1) is 11.8. The molecule has 0 spiro atoms. The van der Waals surface area contributed by atoms with E-state index in [9.17, 15) is 0 Å². The Morgan fingerprint density at radius 3 is 3.00 bits per heavy atom. The number of aromatic nitrogens is 2. The molecule has 0 unspecified atom stereocenters. The molecule has 1 aromatic heterocycles. The molecule has 7 heteroatoms. The third kappa shape index (κ3) is 4.74. The Morgan fingerprint density at radius 1 is 1.38 bits per heavy atom. The summed E-state index contributed by atoms with van der Waals surface area (Å²) in [6.45, 7) is 2.75. The number of anilines is 1. The van der Waals surface area contributed by atoms with E-state index in [1.807, 2.05) is 12.1 Å². The van der Waals surface area contributed by atoms with Crippen molar-refractivity contribution in [1.29, 1.82) is 5.41 Å². The molecule has 0 aliphatic rings. The van der Waals surface area contributed by atoms with Crippen LogP contribution >= 0.6 is 0 Å². The van der Waals surface area contributed by atoms with Crippen molar-refractivity contribution in [3.63, 3.8) is 0 Å². The predicted molar refractivity (Wildman–Crippen MR) is 98.4 cm³/mol. The van der Waals surface area contributed by atoms with Crippen LogP contribution in [0.3, 0.4) is 0 Å². The molecular formula is C17H25N6O+. The van der Waals surface area contributed by atoms with Gasteiger partial charge in [0.2, 0.25) is 0 Å². The molecule has 1 heterocycles. The molecule has 0 saturated carbocycles. The third-order valence-electron chi connectivity index (χ3n) is 3.63. The Balaban J connectivity index is 2.05. The van der Waals surface area contributed by atoms with Crippen LogP contribution in [0.2, 0.25) is 0 Å². The number of nitrogens with one attached hydrogen (secondary N) is 3. The van der Waals surface area contributed by atoms with Crippen LogP contribution in [0.5, 0.6) is 0 Å². The van der Waals surface area contributed by atoms with Gasteiger partial charge in [-0.15, -0.1) is 0 Å². The fourth-order valence-electron chi connectivity index (χ4n) is 2.40. The molecule has 128 valence electrons. The van der Waals surface area contributed by atoms with Gasteiger partial charge in [0.1, 0.15) is 0 Å². The van der Waals surface area contributed by atoms with E-state index in [0.717, 1.165) is 47.2 Å². The lowest BCUT2D eigenvalue weighted by Crippen LogP contribution is -2.28. The van der Waals surface area contributed by atoms with E-state index in [0.29, 0.717) is 19.7 Å². The lowest BCUT2D eigenvalue weighted by molar-refractivity contribution is -0.104. The number of H-pyrrole nitrogens is 1. The van der Waals surface area contributed by atoms with Gasteiger partial charge >= 0.3 is 0 Å². The summed E-state index contributed by atoms with van der Waals surface area (Å²) in [6.07, 6.45) is 8.18. The van der Waals surface area contributed by atoms with Crippen LogP contribution in [0.4, 0.5) is 5.69 Å². The van der Waals surface area contributed by atoms with Gasteiger partial charge < -0.3 is 21.2 Å². The number of unbranched alkanes of at least 4 members (excludes halogenated alkanes) is 1. The number of ether oxygens (including phenoxy) is 1. The zero-order valence-corrected chi connectivity index (χ0v) is 13.7. The van der Waals surface area contributed by atoms with E-state index < -0.39 is 0 Å². The van der Waals surface area contributed by atoms with Gasteiger partial charge in [0.05, 0.1) is 18.3 Å². The van der Waals surface area contributed by atoms with Crippen molar-refractivity contribution >= 4 is 34.6 Å². The Labute approximate surface area is 141 Å². The van der Waals surface area contributed by atoms with Gasteiger partial charge in [-0.3, -0.25) is 10.5 Å². The maximum atomic E-state index is 7.55. The van der Waals surface area contributed by atoms with E-state index in [-0.39, 0.29) is 0 Å². The number of fused-ring (bicyclic) bond motifs is 1. The number of benzene rings is 1. The van der Waals surface area contributed by atoms with E-state index in [2.05, 4.69) is 15.5 Å². The summed E-state index contributed by atoms with van der Waals surface area (Å²) in [6, 6.07) is 3.95. The van der Waals surface area contributed by atoms with Crippen molar-refractivity contribution in [2.24, 2.45) is 5.73 Å². The zero-order chi connectivity index (χ0) is 17.2. The van der Waals surface area contributed by atoms with Crippen molar-refractivity contribution in [2.75, 3.05) is 31.6 Å². The number of aromatic amines is 1. The largest absolute Gasteiger partial charge is 0.382 e. The number of nitrogens with two attached hydrogens (primary N) is 2.